The van der Waals surface area contributed by atoms with E-state index in [4.69, 9.17) is 4.42 Å². The van der Waals surface area contributed by atoms with Crippen molar-refractivity contribution in [1.29, 1.82) is 0 Å². The van der Waals surface area contributed by atoms with Crippen LogP contribution in [0.4, 0.5) is 6.01 Å². The van der Waals surface area contributed by atoms with Gasteiger partial charge in [0.15, 0.2) is 0 Å². The van der Waals surface area contributed by atoms with Crippen molar-refractivity contribution in [2.24, 2.45) is 0 Å². The first-order chi connectivity index (χ1) is 7.31. The molecule has 0 aromatic carbocycles. The molecule has 0 radical (unpaired) electrons. The second-order valence-corrected chi connectivity index (χ2v) is 3.24. The molecular weight excluding hydrogens is 198 g/mol. The quantitative estimate of drug-likeness (QED) is 0.687. The molecule has 1 aromatic heterocycles. The number of piperazine rings is 1. The van der Waals surface area contributed by atoms with E-state index in [-0.39, 0.29) is 5.76 Å². The highest BCUT2D eigenvalue weighted by molar-refractivity contribution is 5.86. The van der Waals surface area contributed by atoms with Crippen LogP contribution in [0, 0.1) is 0 Å². The van der Waals surface area contributed by atoms with Crippen molar-refractivity contribution in [1.82, 2.24) is 10.3 Å². The average molecular weight is 211 g/mol. The molecule has 15 heavy (non-hydrogen) atoms. The number of ether oxygens (including phenoxy) is 1. The van der Waals surface area contributed by atoms with Gasteiger partial charge in [-0.05, 0) is 0 Å². The van der Waals surface area contributed by atoms with Gasteiger partial charge in [0, 0.05) is 26.2 Å². The average Bonchev–Trinajstić information content (AvgIpc) is 2.78. The van der Waals surface area contributed by atoms with Gasteiger partial charge < -0.3 is 19.4 Å². The fourth-order valence-corrected chi connectivity index (χ4v) is 1.46. The van der Waals surface area contributed by atoms with Crippen LogP contribution in [0.5, 0.6) is 0 Å². The van der Waals surface area contributed by atoms with Crippen LogP contribution in [0.25, 0.3) is 0 Å². The van der Waals surface area contributed by atoms with E-state index >= 15 is 0 Å². The number of carbonyl (C=O) groups excluding carboxylic acids is 1. The number of hydrogen-bond acceptors (Lipinski definition) is 6. The van der Waals surface area contributed by atoms with E-state index in [0.717, 1.165) is 26.2 Å². The molecule has 0 saturated carbocycles. The van der Waals surface area contributed by atoms with Crippen molar-refractivity contribution in [3.05, 3.63) is 12.0 Å². The van der Waals surface area contributed by atoms with Gasteiger partial charge in [-0.2, -0.15) is 0 Å². The number of nitrogens with zero attached hydrogens (tertiary/aromatic N) is 2. The van der Waals surface area contributed by atoms with Gasteiger partial charge in [0.2, 0.25) is 5.76 Å². The monoisotopic (exact) mass is 211 g/mol. The zero-order chi connectivity index (χ0) is 10.7. The molecule has 0 atom stereocenters. The van der Waals surface area contributed by atoms with E-state index in [9.17, 15) is 4.79 Å². The summed E-state index contributed by atoms with van der Waals surface area (Å²) < 4.78 is 9.82. The number of carbonyl (C=O) groups is 1. The maximum absolute atomic E-state index is 11.1. The smallest absolute Gasteiger partial charge is 0.375 e. The number of nitrogens with one attached hydrogen (secondary N) is 1. The van der Waals surface area contributed by atoms with Crippen LogP contribution in [0.15, 0.2) is 10.6 Å². The highest BCUT2D eigenvalue weighted by Gasteiger charge is 2.18. The number of aromatic nitrogens is 1. The highest BCUT2D eigenvalue weighted by Crippen LogP contribution is 2.15. The van der Waals surface area contributed by atoms with Crippen LogP contribution in [-0.4, -0.2) is 44.2 Å². The standard InChI is InChI=1S/C9H13N3O3/c1-14-8(13)7-6-11-9(15-7)12-4-2-10-3-5-12/h6,10H,2-5H2,1H3. The van der Waals surface area contributed by atoms with Crippen molar-refractivity contribution in [3.8, 4) is 0 Å². The zero-order valence-electron chi connectivity index (χ0n) is 8.52. The predicted molar refractivity (Wildman–Crippen MR) is 52.9 cm³/mol. The van der Waals surface area contributed by atoms with E-state index in [2.05, 4.69) is 15.0 Å². The molecule has 0 spiro atoms. The molecule has 0 aliphatic carbocycles. The first-order valence-corrected chi connectivity index (χ1v) is 4.81. The molecule has 82 valence electrons. The van der Waals surface area contributed by atoms with Crippen LogP contribution < -0.4 is 10.2 Å². The van der Waals surface area contributed by atoms with Crippen molar-refractivity contribution < 1.29 is 13.9 Å². The lowest BCUT2D eigenvalue weighted by atomic mass is 10.4. The van der Waals surface area contributed by atoms with Gasteiger partial charge in [0.25, 0.3) is 6.01 Å². The molecule has 6 heteroatoms. The van der Waals surface area contributed by atoms with E-state index in [1.54, 1.807) is 0 Å². The summed E-state index contributed by atoms with van der Waals surface area (Å²) in [6, 6.07) is 0.483. The Kier molecular flexibility index (Phi) is 2.86. The molecule has 1 saturated heterocycles. The van der Waals surface area contributed by atoms with E-state index in [1.807, 2.05) is 4.90 Å². The normalized spacial score (nSPS) is 16.5. The van der Waals surface area contributed by atoms with Gasteiger partial charge in [0.05, 0.1) is 13.3 Å². The SMILES string of the molecule is COC(=O)c1cnc(N2CCNCC2)o1. The zero-order valence-corrected chi connectivity index (χ0v) is 8.52. The molecule has 0 bridgehead atoms. The summed E-state index contributed by atoms with van der Waals surface area (Å²) in [5, 5.41) is 3.22. The summed E-state index contributed by atoms with van der Waals surface area (Å²) in [4.78, 5) is 17.2. The van der Waals surface area contributed by atoms with Gasteiger partial charge in [-0.15, -0.1) is 0 Å². The Morgan fingerprint density at radius 3 is 3.00 bits per heavy atom. The molecule has 1 aromatic rings. The molecule has 2 rings (SSSR count). The summed E-state index contributed by atoms with van der Waals surface area (Å²) in [5.74, 6) is -0.352. The van der Waals surface area contributed by atoms with Crippen LogP contribution in [0.2, 0.25) is 0 Å². The molecule has 6 nitrogen and oxygen atoms in total. The number of esters is 1. The van der Waals surface area contributed by atoms with Gasteiger partial charge in [0.1, 0.15) is 0 Å². The molecule has 0 unspecified atom stereocenters. The summed E-state index contributed by atoms with van der Waals surface area (Å²) >= 11 is 0. The van der Waals surface area contributed by atoms with Crippen LogP contribution in [-0.2, 0) is 4.74 Å². The highest BCUT2D eigenvalue weighted by atomic mass is 16.5. The Morgan fingerprint density at radius 2 is 2.33 bits per heavy atom. The number of rotatable bonds is 2. The second-order valence-electron chi connectivity index (χ2n) is 3.24. The van der Waals surface area contributed by atoms with Gasteiger partial charge in [-0.1, -0.05) is 0 Å². The summed E-state index contributed by atoms with van der Waals surface area (Å²) in [7, 11) is 1.31. The van der Waals surface area contributed by atoms with Gasteiger partial charge in [-0.3, -0.25) is 0 Å². The second kappa shape index (κ2) is 4.31. The van der Waals surface area contributed by atoms with E-state index < -0.39 is 5.97 Å². The lowest BCUT2D eigenvalue weighted by Gasteiger charge is -2.25. The maximum Gasteiger partial charge on any atom is 0.375 e. The Morgan fingerprint density at radius 1 is 1.60 bits per heavy atom. The number of hydrogen-bond donors (Lipinski definition) is 1. The predicted octanol–water partition coefficient (Wildman–Crippen LogP) is -0.129. The lowest BCUT2D eigenvalue weighted by molar-refractivity contribution is 0.0566. The lowest BCUT2D eigenvalue weighted by Crippen LogP contribution is -2.43. The molecule has 1 aliphatic rings. The third-order valence-electron chi connectivity index (χ3n) is 2.27. The fourth-order valence-electron chi connectivity index (χ4n) is 1.46. The summed E-state index contributed by atoms with van der Waals surface area (Å²) in [5.41, 5.74) is 0. The number of oxazole rings is 1. The molecule has 2 heterocycles. The van der Waals surface area contributed by atoms with Crippen LogP contribution in [0.3, 0.4) is 0 Å². The molecule has 1 N–H and O–H groups in total. The molecule has 1 aliphatic heterocycles. The Hall–Kier alpha value is -1.56. The Labute approximate surface area is 87.2 Å². The fraction of sp³-hybridized carbons (Fsp3) is 0.556. The first-order valence-electron chi connectivity index (χ1n) is 4.81. The minimum atomic E-state index is -0.496. The maximum atomic E-state index is 11.1. The van der Waals surface area contributed by atoms with Gasteiger partial charge in [-0.25, -0.2) is 9.78 Å². The largest absolute Gasteiger partial charge is 0.463 e. The minimum absolute atomic E-state index is 0.144. The van der Waals surface area contributed by atoms with Crippen molar-refractivity contribution in [2.75, 3.05) is 38.2 Å². The summed E-state index contributed by atoms with van der Waals surface area (Å²) in [6.45, 7) is 3.47. The van der Waals surface area contributed by atoms with E-state index in [0.29, 0.717) is 6.01 Å². The molecule has 0 amide bonds. The Bertz CT molecular complexity index is 344. The van der Waals surface area contributed by atoms with Crippen molar-refractivity contribution in [3.63, 3.8) is 0 Å². The molecule has 1 fully saturated rings. The van der Waals surface area contributed by atoms with Crippen molar-refractivity contribution in [2.45, 2.75) is 0 Å². The van der Waals surface area contributed by atoms with E-state index in [1.165, 1.54) is 13.3 Å². The van der Waals surface area contributed by atoms with Crippen LogP contribution in [0.1, 0.15) is 10.6 Å². The number of anilines is 1. The topological polar surface area (TPSA) is 67.6 Å². The Balaban J connectivity index is 2.08. The summed E-state index contributed by atoms with van der Waals surface area (Å²) in [6.07, 6.45) is 1.39. The van der Waals surface area contributed by atoms with Gasteiger partial charge >= 0.3 is 5.97 Å². The third kappa shape index (κ3) is 2.10. The minimum Gasteiger partial charge on any atom is -0.463 e. The van der Waals surface area contributed by atoms with Crippen molar-refractivity contribution >= 4 is 12.0 Å². The number of methoxy groups -OCH3 is 1. The molecular formula is C9H13N3O3. The first kappa shape index (κ1) is 9.97. The third-order valence-corrected chi connectivity index (χ3v) is 2.27. The van der Waals surface area contributed by atoms with Crippen LogP contribution >= 0.6 is 0 Å².